The number of hydrogen-bond donors (Lipinski definition) is 0. The normalized spacial score (nSPS) is 10.9. The molecule has 0 N–H and O–H groups in total. The van der Waals surface area contributed by atoms with E-state index in [-0.39, 0.29) is 0 Å². The van der Waals surface area contributed by atoms with Gasteiger partial charge in [-0.3, -0.25) is 4.90 Å². The van der Waals surface area contributed by atoms with E-state index in [1.165, 1.54) is 10.4 Å². The van der Waals surface area contributed by atoms with Gasteiger partial charge >= 0.3 is 0 Å². The fourth-order valence-corrected chi connectivity index (χ4v) is 3.06. The fourth-order valence-electron chi connectivity index (χ4n) is 1.94. The predicted octanol–water partition coefficient (Wildman–Crippen LogP) is 4.54. The Balaban J connectivity index is 2.09. The Labute approximate surface area is 127 Å². The lowest BCUT2D eigenvalue weighted by Gasteiger charge is -2.20. The first kappa shape index (κ1) is 14.6. The number of thiophene rings is 1. The van der Waals surface area contributed by atoms with Crippen molar-refractivity contribution >= 4 is 27.3 Å². The van der Waals surface area contributed by atoms with Crippen LogP contribution in [0.25, 0.3) is 0 Å². The van der Waals surface area contributed by atoms with Crippen LogP contribution in [0.4, 0.5) is 0 Å². The number of halogens is 1. The first-order chi connectivity index (χ1) is 9.22. The first-order valence-electron chi connectivity index (χ1n) is 6.30. The van der Waals surface area contributed by atoms with Gasteiger partial charge in [0.05, 0.1) is 7.11 Å². The van der Waals surface area contributed by atoms with Crippen molar-refractivity contribution in [1.82, 2.24) is 4.90 Å². The molecule has 4 heteroatoms. The van der Waals surface area contributed by atoms with Crippen LogP contribution < -0.4 is 4.74 Å². The minimum Gasteiger partial charge on any atom is -0.497 e. The smallest absolute Gasteiger partial charge is 0.119 e. The molecule has 2 rings (SSSR count). The third-order valence-electron chi connectivity index (χ3n) is 3.05. The Morgan fingerprint density at radius 2 is 2.11 bits per heavy atom. The summed E-state index contributed by atoms with van der Waals surface area (Å²) in [6.07, 6.45) is 0. The molecule has 102 valence electrons. The van der Waals surface area contributed by atoms with E-state index in [0.717, 1.165) is 29.9 Å². The second-order valence-corrected chi connectivity index (χ2v) is 6.23. The molecule has 0 aliphatic heterocycles. The highest BCUT2D eigenvalue weighted by atomic mass is 79.9. The van der Waals surface area contributed by atoms with Gasteiger partial charge in [-0.15, -0.1) is 11.3 Å². The lowest BCUT2D eigenvalue weighted by Crippen LogP contribution is -2.22. The molecule has 0 amide bonds. The van der Waals surface area contributed by atoms with Crippen LogP contribution in [0.3, 0.4) is 0 Å². The lowest BCUT2D eigenvalue weighted by molar-refractivity contribution is 0.273. The van der Waals surface area contributed by atoms with Crippen LogP contribution in [0.5, 0.6) is 5.75 Å². The molecule has 0 spiro atoms. The van der Waals surface area contributed by atoms with Crippen molar-refractivity contribution in [2.45, 2.75) is 20.0 Å². The zero-order valence-electron chi connectivity index (χ0n) is 11.2. The standard InChI is InChI=1S/C15H18BrNOS/c1-3-17(11-14-5-4-8-19-14)10-12-9-13(18-2)6-7-15(12)16/h4-9H,3,10-11H2,1-2H3. The van der Waals surface area contributed by atoms with Crippen LogP contribution in [-0.4, -0.2) is 18.6 Å². The van der Waals surface area contributed by atoms with Gasteiger partial charge in [-0.2, -0.15) is 0 Å². The van der Waals surface area contributed by atoms with E-state index in [0.29, 0.717) is 0 Å². The molecule has 0 aliphatic rings. The highest BCUT2D eigenvalue weighted by molar-refractivity contribution is 9.10. The molecular weight excluding hydrogens is 322 g/mol. The van der Waals surface area contributed by atoms with Crippen LogP contribution in [0.1, 0.15) is 17.4 Å². The quantitative estimate of drug-likeness (QED) is 0.765. The Morgan fingerprint density at radius 1 is 1.26 bits per heavy atom. The van der Waals surface area contributed by atoms with Crippen LogP contribution >= 0.6 is 27.3 Å². The van der Waals surface area contributed by atoms with Crippen LogP contribution in [0.2, 0.25) is 0 Å². The molecule has 19 heavy (non-hydrogen) atoms. The summed E-state index contributed by atoms with van der Waals surface area (Å²) in [5, 5.41) is 2.13. The number of hydrogen-bond acceptors (Lipinski definition) is 3. The summed E-state index contributed by atoms with van der Waals surface area (Å²) in [4.78, 5) is 3.83. The number of methoxy groups -OCH3 is 1. The van der Waals surface area contributed by atoms with E-state index >= 15 is 0 Å². The third kappa shape index (κ3) is 4.06. The molecule has 0 fully saturated rings. The number of rotatable bonds is 6. The molecule has 2 aromatic rings. The molecule has 0 saturated heterocycles. The molecule has 1 aromatic heterocycles. The van der Waals surface area contributed by atoms with Crippen molar-refractivity contribution in [1.29, 1.82) is 0 Å². The van der Waals surface area contributed by atoms with Gasteiger partial charge in [0.1, 0.15) is 5.75 Å². The van der Waals surface area contributed by atoms with E-state index in [4.69, 9.17) is 4.74 Å². The molecule has 0 atom stereocenters. The van der Waals surface area contributed by atoms with Crippen molar-refractivity contribution in [2.24, 2.45) is 0 Å². The molecule has 0 radical (unpaired) electrons. The highest BCUT2D eigenvalue weighted by Gasteiger charge is 2.09. The fraction of sp³-hybridized carbons (Fsp3) is 0.333. The van der Waals surface area contributed by atoms with Gasteiger partial charge in [-0.25, -0.2) is 0 Å². The van der Waals surface area contributed by atoms with Gasteiger partial charge in [0, 0.05) is 22.4 Å². The van der Waals surface area contributed by atoms with Crippen molar-refractivity contribution in [3.63, 3.8) is 0 Å². The Morgan fingerprint density at radius 3 is 2.74 bits per heavy atom. The van der Waals surface area contributed by atoms with Crippen LogP contribution in [-0.2, 0) is 13.1 Å². The molecule has 1 aromatic carbocycles. The Bertz CT molecular complexity index is 513. The zero-order chi connectivity index (χ0) is 13.7. The van der Waals surface area contributed by atoms with Gasteiger partial charge in [0.2, 0.25) is 0 Å². The number of ether oxygens (including phenoxy) is 1. The SMILES string of the molecule is CCN(Cc1cccs1)Cc1cc(OC)ccc1Br. The lowest BCUT2D eigenvalue weighted by atomic mass is 10.2. The summed E-state index contributed by atoms with van der Waals surface area (Å²) in [6.45, 7) is 5.15. The van der Waals surface area contributed by atoms with Gasteiger partial charge in [-0.1, -0.05) is 28.9 Å². The minimum absolute atomic E-state index is 0.908. The Hall–Kier alpha value is -0.840. The summed E-state index contributed by atoms with van der Waals surface area (Å²) in [5.41, 5.74) is 1.26. The monoisotopic (exact) mass is 339 g/mol. The van der Waals surface area contributed by atoms with Crippen molar-refractivity contribution in [3.05, 3.63) is 50.6 Å². The largest absolute Gasteiger partial charge is 0.497 e. The summed E-state index contributed by atoms with van der Waals surface area (Å²) >= 11 is 5.43. The van der Waals surface area contributed by atoms with E-state index in [9.17, 15) is 0 Å². The van der Waals surface area contributed by atoms with Crippen molar-refractivity contribution in [3.8, 4) is 5.75 Å². The van der Waals surface area contributed by atoms with Gasteiger partial charge in [0.15, 0.2) is 0 Å². The summed E-state index contributed by atoms with van der Waals surface area (Å²) in [7, 11) is 1.70. The predicted molar refractivity (Wildman–Crippen MR) is 84.8 cm³/mol. The van der Waals surface area contributed by atoms with Gasteiger partial charge in [-0.05, 0) is 41.8 Å². The van der Waals surface area contributed by atoms with E-state index < -0.39 is 0 Å². The van der Waals surface area contributed by atoms with E-state index in [1.54, 1.807) is 7.11 Å². The molecule has 0 aliphatic carbocycles. The molecule has 0 unspecified atom stereocenters. The second-order valence-electron chi connectivity index (χ2n) is 4.34. The van der Waals surface area contributed by atoms with Gasteiger partial charge < -0.3 is 4.74 Å². The number of nitrogens with zero attached hydrogens (tertiary/aromatic N) is 1. The van der Waals surface area contributed by atoms with Crippen LogP contribution in [0.15, 0.2) is 40.2 Å². The maximum Gasteiger partial charge on any atom is 0.119 e. The Kier molecular flexibility index (Phi) is 5.43. The summed E-state index contributed by atoms with van der Waals surface area (Å²) in [5.74, 6) is 0.908. The average molecular weight is 340 g/mol. The molecule has 0 bridgehead atoms. The first-order valence-corrected chi connectivity index (χ1v) is 7.97. The summed E-state index contributed by atoms with van der Waals surface area (Å²) < 4.78 is 6.43. The van der Waals surface area contributed by atoms with Gasteiger partial charge in [0.25, 0.3) is 0 Å². The summed E-state index contributed by atoms with van der Waals surface area (Å²) in [6, 6.07) is 10.4. The topological polar surface area (TPSA) is 12.5 Å². The molecule has 2 nitrogen and oxygen atoms in total. The molecule has 0 saturated carbocycles. The average Bonchev–Trinajstić information content (AvgIpc) is 2.93. The second kappa shape index (κ2) is 7.08. The third-order valence-corrected chi connectivity index (χ3v) is 4.69. The molecular formula is C15H18BrNOS. The zero-order valence-corrected chi connectivity index (χ0v) is 13.6. The minimum atomic E-state index is 0.908. The maximum atomic E-state index is 5.29. The molecule has 1 heterocycles. The van der Waals surface area contributed by atoms with Crippen molar-refractivity contribution in [2.75, 3.05) is 13.7 Å². The van der Waals surface area contributed by atoms with E-state index in [2.05, 4.69) is 51.3 Å². The van der Waals surface area contributed by atoms with Crippen LogP contribution in [0, 0.1) is 0 Å². The van der Waals surface area contributed by atoms with E-state index in [1.807, 2.05) is 23.5 Å². The maximum absolute atomic E-state index is 5.29. The highest BCUT2D eigenvalue weighted by Crippen LogP contribution is 2.24. The van der Waals surface area contributed by atoms with Crippen molar-refractivity contribution < 1.29 is 4.74 Å². The number of benzene rings is 1.